The molecule has 3 aromatic carbocycles. The lowest BCUT2D eigenvalue weighted by molar-refractivity contribution is 0.0471. The van der Waals surface area contributed by atoms with Crippen LogP contribution < -0.4 is 21.1 Å². The SMILES string of the molecule is COc1cccc(C(NCC2CC2)c2cccc(NC(=O)c3cc(C(F)C(F)F)nn3-c3cccc(CN)c3)c2)c1. The van der Waals surface area contributed by atoms with Gasteiger partial charge in [-0.25, -0.2) is 17.9 Å². The Morgan fingerprint density at radius 3 is 2.46 bits per heavy atom. The van der Waals surface area contributed by atoms with Crippen molar-refractivity contribution in [1.82, 2.24) is 15.1 Å². The Balaban J connectivity index is 1.45. The van der Waals surface area contributed by atoms with E-state index in [9.17, 15) is 18.0 Å². The summed E-state index contributed by atoms with van der Waals surface area (Å²) in [6.45, 7) is 1.08. The molecular weight excluding hydrogens is 531 g/mol. The topological polar surface area (TPSA) is 94.2 Å². The zero-order valence-corrected chi connectivity index (χ0v) is 22.6. The van der Waals surface area contributed by atoms with Crippen LogP contribution in [-0.2, 0) is 6.54 Å². The number of hydrogen-bond donors (Lipinski definition) is 3. The van der Waals surface area contributed by atoms with Crippen molar-refractivity contribution < 1.29 is 22.7 Å². The molecule has 2 atom stereocenters. The zero-order chi connectivity index (χ0) is 28.9. The van der Waals surface area contributed by atoms with E-state index in [2.05, 4.69) is 15.7 Å². The first kappa shape index (κ1) is 28.4. The maximum atomic E-state index is 14.3. The van der Waals surface area contributed by atoms with Crippen LogP contribution in [0, 0.1) is 5.92 Å². The van der Waals surface area contributed by atoms with Crippen molar-refractivity contribution in [1.29, 1.82) is 0 Å². The summed E-state index contributed by atoms with van der Waals surface area (Å²) < 4.78 is 47.3. The van der Waals surface area contributed by atoms with Crippen LogP contribution in [0.25, 0.3) is 5.69 Å². The van der Waals surface area contributed by atoms with Gasteiger partial charge in [-0.3, -0.25) is 4.79 Å². The fourth-order valence-electron chi connectivity index (χ4n) is 4.68. The van der Waals surface area contributed by atoms with Gasteiger partial charge in [-0.1, -0.05) is 36.4 Å². The highest BCUT2D eigenvalue weighted by Crippen LogP contribution is 2.32. The number of aromatic nitrogens is 2. The Morgan fingerprint density at radius 1 is 1.02 bits per heavy atom. The lowest BCUT2D eigenvalue weighted by atomic mass is 9.97. The van der Waals surface area contributed by atoms with Crippen LogP contribution in [0.2, 0.25) is 0 Å². The van der Waals surface area contributed by atoms with Crippen molar-refractivity contribution in [2.24, 2.45) is 11.7 Å². The highest BCUT2D eigenvalue weighted by molar-refractivity contribution is 6.03. The van der Waals surface area contributed by atoms with Gasteiger partial charge in [-0.15, -0.1) is 0 Å². The molecule has 10 heteroatoms. The van der Waals surface area contributed by atoms with Crippen LogP contribution in [-0.4, -0.2) is 35.8 Å². The largest absolute Gasteiger partial charge is 0.497 e. The average molecular weight is 564 g/mol. The minimum absolute atomic E-state index is 0.0842. The van der Waals surface area contributed by atoms with Crippen LogP contribution in [0.4, 0.5) is 18.9 Å². The number of halogens is 3. The summed E-state index contributed by atoms with van der Waals surface area (Å²) in [5.41, 5.74) is 8.70. The molecule has 2 unspecified atom stereocenters. The second-order valence-corrected chi connectivity index (χ2v) is 10.1. The maximum absolute atomic E-state index is 14.3. The minimum Gasteiger partial charge on any atom is -0.497 e. The van der Waals surface area contributed by atoms with Crippen molar-refractivity contribution in [3.05, 3.63) is 107 Å². The number of nitrogens with zero attached hydrogens (tertiary/aromatic N) is 2. The number of amides is 1. The predicted octanol–water partition coefficient (Wildman–Crippen LogP) is 5.96. The molecule has 1 aliphatic rings. The van der Waals surface area contributed by atoms with Gasteiger partial charge in [0.1, 0.15) is 17.1 Å². The summed E-state index contributed by atoms with van der Waals surface area (Å²) in [7, 11) is 1.62. The summed E-state index contributed by atoms with van der Waals surface area (Å²) in [5.74, 6) is 0.762. The van der Waals surface area contributed by atoms with E-state index in [0.717, 1.165) is 35.1 Å². The Morgan fingerprint density at radius 2 is 1.76 bits per heavy atom. The van der Waals surface area contributed by atoms with Gasteiger partial charge in [-0.2, -0.15) is 5.10 Å². The molecule has 1 aromatic heterocycles. The van der Waals surface area contributed by atoms with Crippen molar-refractivity contribution in [3.63, 3.8) is 0 Å². The summed E-state index contributed by atoms with van der Waals surface area (Å²) in [4.78, 5) is 13.5. The van der Waals surface area contributed by atoms with Crippen LogP contribution in [0.5, 0.6) is 5.75 Å². The lowest BCUT2D eigenvalue weighted by Crippen LogP contribution is -2.25. The molecule has 1 amide bonds. The number of nitrogens with one attached hydrogen (secondary N) is 2. The molecule has 5 rings (SSSR count). The number of carbonyl (C=O) groups is 1. The Labute approximate surface area is 236 Å². The third kappa shape index (κ3) is 6.78. The number of benzene rings is 3. The van der Waals surface area contributed by atoms with E-state index in [1.807, 2.05) is 42.5 Å². The molecule has 0 bridgehead atoms. The summed E-state index contributed by atoms with van der Waals surface area (Å²) in [6, 6.07) is 22.9. The minimum atomic E-state index is -3.28. The number of rotatable bonds is 12. The first-order chi connectivity index (χ1) is 19.9. The monoisotopic (exact) mass is 563 g/mol. The molecular formula is C31H32F3N5O2. The van der Waals surface area contributed by atoms with E-state index >= 15 is 0 Å². The number of alkyl halides is 3. The standard InChI is InChI=1S/C31H32F3N5O2/c1-41-25-10-4-7-22(15-25)29(36-18-19-11-12-19)21-6-3-8-23(14-21)37-31(40)27-16-26(28(32)30(33)34)38-39(27)24-9-2-5-20(13-24)17-35/h2-10,13-16,19,28-30,36H,11-12,17-18,35H2,1H3,(H,37,40). The smallest absolute Gasteiger partial charge is 0.275 e. The Kier molecular flexibility index (Phi) is 8.70. The van der Waals surface area contributed by atoms with Gasteiger partial charge in [0.25, 0.3) is 12.3 Å². The molecule has 4 aromatic rings. The van der Waals surface area contributed by atoms with E-state index in [0.29, 0.717) is 17.3 Å². The van der Waals surface area contributed by atoms with Gasteiger partial charge in [0.05, 0.1) is 18.8 Å². The molecule has 1 saturated carbocycles. The van der Waals surface area contributed by atoms with Gasteiger partial charge in [-0.05, 0) is 84.5 Å². The van der Waals surface area contributed by atoms with Crippen LogP contribution >= 0.6 is 0 Å². The molecule has 0 saturated heterocycles. The maximum Gasteiger partial charge on any atom is 0.275 e. The van der Waals surface area contributed by atoms with Gasteiger partial charge in [0.15, 0.2) is 0 Å². The molecule has 7 nitrogen and oxygen atoms in total. The van der Waals surface area contributed by atoms with Crippen molar-refractivity contribution >= 4 is 11.6 Å². The van der Waals surface area contributed by atoms with Gasteiger partial charge < -0.3 is 21.1 Å². The fraction of sp³-hybridized carbons (Fsp3) is 0.290. The lowest BCUT2D eigenvalue weighted by Gasteiger charge is -2.21. The molecule has 0 radical (unpaired) electrons. The van der Waals surface area contributed by atoms with E-state index in [-0.39, 0.29) is 18.3 Å². The van der Waals surface area contributed by atoms with Crippen LogP contribution in [0.3, 0.4) is 0 Å². The number of hydrogen-bond acceptors (Lipinski definition) is 5. The van der Waals surface area contributed by atoms with Gasteiger partial charge in [0.2, 0.25) is 6.17 Å². The highest BCUT2D eigenvalue weighted by Gasteiger charge is 2.28. The average Bonchev–Trinajstić information content (AvgIpc) is 3.71. The normalized spacial score (nSPS) is 14.6. The summed E-state index contributed by atoms with van der Waals surface area (Å²) >= 11 is 0. The molecule has 0 aliphatic heterocycles. The number of ether oxygens (including phenoxy) is 1. The van der Waals surface area contributed by atoms with Gasteiger partial charge >= 0.3 is 0 Å². The van der Waals surface area contributed by atoms with Crippen molar-refractivity contribution in [3.8, 4) is 11.4 Å². The van der Waals surface area contributed by atoms with Crippen molar-refractivity contribution in [2.75, 3.05) is 19.0 Å². The molecule has 41 heavy (non-hydrogen) atoms. The second-order valence-electron chi connectivity index (χ2n) is 10.1. The highest BCUT2D eigenvalue weighted by atomic mass is 19.3. The van der Waals surface area contributed by atoms with E-state index in [1.54, 1.807) is 37.4 Å². The molecule has 1 fully saturated rings. The predicted molar refractivity (Wildman–Crippen MR) is 151 cm³/mol. The van der Waals surface area contributed by atoms with E-state index in [1.165, 1.54) is 17.5 Å². The third-order valence-corrected chi connectivity index (χ3v) is 7.07. The number of nitrogens with two attached hydrogens (primary N) is 1. The first-order valence-corrected chi connectivity index (χ1v) is 13.5. The van der Waals surface area contributed by atoms with Gasteiger partial charge in [0, 0.05) is 12.2 Å². The first-order valence-electron chi connectivity index (χ1n) is 13.5. The fourth-order valence-corrected chi connectivity index (χ4v) is 4.68. The third-order valence-electron chi connectivity index (χ3n) is 7.07. The summed E-state index contributed by atoms with van der Waals surface area (Å²) in [5, 5.41) is 10.5. The van der Waals surface area contributed by atoms with E-state index < -0.39 is 24.2 Å². The Hall–Kier alpha value is -4.15. The van der Waals surface area contributed by atoms with Crippen molar-refractivity contribution in [2.45, 2.75) is 38.0 Å². The number of methoxy groups -OCH3 is 1. The molecule has 1 aliphatic carbocycles. The molecule has 0 spiro atoms. The molecule has 214 valence electrons. The van der Waals surface area contributed by atoms with E-state index in [4.69, 9.17) is 10.5 Å². The second kappa shape index (κ2) is 12.6. The summed E-state index contributed by atoms with van der Waals surface area (Å²) in [6.07, 6.45) is -3.52. The molecule has 4 N–H and O–H groups in total. The Bertz CT molecular complexity index is 1500. The molecule has 1 heterocycles. The van der Waals surface area contributed by atoms with Crippen LogP contribution in [0.15, 0.2) is 78.9 Å². The zero-order valence-electron chi connectivity index (χ0n) is 22.6. The number of anilines is 1. The quantitative estimate of drug-likeness (QED) is 0.198. The van der Waals surface area contributed by atoms with Crippen LogP contribution in [0.1, 0.15) is 57.9 Å². The number of carbonyl (C=O) groups excluding carboxylic acids is 1.